The van der Waals surface area contributed by atoms with Crippen LogP contribution in [-0.2, 0) is 0 Å². The highest BCUT2D eigenvalue weighted by Crippen LogP contribution is 2.35. The van der Waals surface area contributed by atoms with Crippen LogP contribution in [0.4, 0.5) is 0 Å². The zero-order valence-corrected chi connectivity index (χ0v) is 18.1. The molecular weight excluding hydrogens is 410 g/mol. The maximum atomic E-state index is 6.03. The number of aromatic nitrogens is 1. The number of benzene rings is 5. The fraction of sp³-hybridized carbons (Fsp3) is 0. The van der Waals surface area contributed by atoms with E-state index in [-0.39, 0.29) is 0 Å². The van der Waals surface area contributed by atoms with Gasteiger partial charge in [0.15, 0.2) is 0 Å². The summed E-state index contributed by atoms with van der Waals surface area (Å²) in [6, 6.07) is 40.5. The summed E-state index contributed by atoms with van der Waals surface area (Å²) in [4.78, 5) is 3.62. The number of para-hydroxylation sites is 2. The van der Waals surface area contributed by atoms with E-state index in [9.17, 15) is 0 Å². The normalized spacial score (nSPS) is 11.3. The number of hydrogen-bond donors (Lipinski definition) is 1. The van der Waals surface area contributed by atoms with Crippen molar-refractivity contribution in [2.45, 2.75) is 0 Å². The minimum atomic E-state index is 0.757. The molecule has 6 aromatic rings. The molecule has 152 valence electrons. The van der Waals surface area contributed by atoms with Gasteiger partial charge in [-0.25, -0.2) is 0 Å². The Balaban J connectivity index is 1.40. The molecule has 0 unspecified atom stereocenters. The van der Waals surface area contributed by atoms with Crippen molar-refractivity contribution in [2.75, 3.05) is 0 Å². The van der Waals surface area contributed by atoms with E-state index < -0.39 is 0 Å². The van der Waals surface area contributed by atoms with Crippen molar-refractivity contribution in [2.24, 2.45) is 0 Å². The van der Waals surface area contributed by atoms with Gasteiger partial charge in [-0.1, -0.05) is 103 Å². The van der Waals surface area contributed by atoms with Crippen molar-refractivity contribution in [1.82, 2.24) is 4.98 Å². The molecule has 5 aromatic carbocycles. The second-order valence-corrected chi connectivity index (χ2v) is 8.50. The summed E-state index contributed by atoms with van der Waals surface area (Å²) in [5, 5.41) is 3.28. The fourth-order valence-corrected chi connectivity index (χ4v) is 4.60. The van der Waals surface area contributed by atoms with E-state index in [1.165, 1.54) is 55.2 Å². The molecule has 1 nitrogen and oxygen atoms in total. The Morgan fingerprint density at radius 1 is 0.469 bits per heavy atom. The Hall–Kier alpha value is -3.81. The van der Waals surface area contributed by atoms with Crippen molar-refractivity contribution >= 4 is 33.4 Å². The smallest absolute Gasteiger partial charge is 0.0544 e. The molecule has 0 radical (unpaired) electrons. The minimum absolute atomic E-state index is 0.757. The van der Waals surface area contributed by atoms with Crippen LogP contribution in [0.15, 0.2) is 115 Å². The van der Waals surface area contributed by atoms with Gasteiger partial charge in [-0.05, 0) is 52.1 Å². The molecule has 0 saturated heterocycles. The molecule has 0 atom stereocenters. The van der Waals surface area contributed by atoms with Crippen molar-refractivity contribution in [3.05, 3.63) is 120 Å². The van der Waals surface area contributed by atoms with Crippen molar-refractivity contribution < 1.29 is 0 Å². The quantitative estimate of drug-likeness (QED) is 0.289. The third-order valence-electron chi connectivity index (χ3n) is 6.11. The number of H-pyrrole nitrogens is 1. The van der Waals surface area contributed by atoms with E-state index in [0.29, 0.717) is 0 Å². The number of fused-ring (bicyclic) bond motifs is 3. The van der Waals surface area contributed by atoms with Gasteiger partial charge in [-0.15, -0.1) is 0 Å². The Labute approximate surface area is 191 Å². The van der Waals surface area contributed by atoms with Gasteiger partial charge in [0.25, 0.3) is 0 Å². The van der Waals surface area contributed by atoms with E-state index in [4.69, 9.17) is 11.6 Å². The molecule has 0 fully saturated rings. The fourth-order valence-electron chi connectivity index (χ4n) is 4.48. The number of hydrogen-bond acceptors (Lipinski definition) is 0. The molecule has 1 aromatic heterocycles. The molecule has 0 aliphatic carbocycles. The van der Waals surface area contributed by atoms with Crippen LogP contribution in [0.2, 0.25) is 5.02 Å². The number of halogens is 1. The number of nitrogens with one attached hydrogen (secondary N) is 1. The highest BCUT2D eigenvalue weighted by molar-refractivity contribution is 6.30. The third-order valence-corrected chi connectivity index (χ3v) is 6.36. The molecule has 0 bridgehead atoms. The maximum absolute atomic E-state index is 6.03. The first kappa shape index (κ1) is 18.9. The lowest BCUT2D eigenvalue weighted by atomic mass is 9.96. The average Bonchev–Trinajstić information content (AvgIpc) is 3.24. The highest BCUT2D eigenvalue weighted by Gasteiger charge is 2.10. The molecule has 0 aliphatic rings. The topological polar surface area (TPSA) is 15.8 Å². The monoisotopic (exact) mass is 429 g/mol. The second-order valence-electron chi connectivity index (χ2n) is 8.06. The third kappa shape index (κ3) is 3.28. The summed E-state index contributed by atoms with van der Waals surface area (Å²) < 4.78 is 0. The summed E-state index contributed by atoms with van der Waals surface area (Å²) >= 11 is 6.03. The Kier molecular flexibility index (Phi) is 4.56. The lowest BCUT2D eigenvalue weighted by Crippen LogP contribution is -1.84. The van der Waals surface area contributed by atoms with Crippen LogP contribution in [-0.4, -0.2) is 4.98 Å². The van der Waals surface area contributed by atoms with Crippen LogP contribution >= 0.6 is 11.6 Å². The molecule has 32 heavy (non-hydrogen) atoms. The SMILES string of the molecule is Clc1ccc(-c2ccc(-c3cccc(-c4cccc5c4[nH]c4ccccc45)c3)cc2)cc1. The van der Waals surface area contributed by atoms with Crippen LogP contribution in [0.1, 0.15) is 0 Å². The molecule has 0 amide bonds. The zero-order chi connectivity index (χ0) is 21.5. The molecule has 2 heteroatoms. The number of rotatable bonds is 3. The van der Waals surface area contributed by atoms with Gasteiger partial charge < -0.3 is 4.98 Å². The van der Waals surface area contributed by atoms with Crippen molar-refractivity contribution in [1.29, 1.82) is 0 Å². The molecule has 1 heterocycles. The lowest BCUT2D eigenvalue weighted by molar-refractivity contribution is 1.53. The predicted octanol–water partition coefficient (Wildman–Crippen LogP) is 8.98. The second kappa shape index (κ2) is 7.71. The Morgan fingerprint density at radius 3 is 1.84 bits per heavy atom. The first-order valence-corrected chi connectivity index (χ1v) is 11.1. The van der Waals surface area contributed by atoms with Crippen LogP contribution < -0.4 is 0 Å². The largest absolute Gasteiger partial charge is 0.354 e. The van der Waals surface area contributed by atoms with E-state index >= 15 is 0 Å². The van der Waals surface area contributed by atoms with Crippen LogP contribution in [0.5, 0.6) is 0 Å². The van der Waals surface area contributed by atoms with Gasteiger partial charge in [0.05, 0.1) is 5.52 Å². The standard InChI is InChI=1S/C30H20ClN/c31-25-17-15-21(16-18-25)20-11-13-22(14-12-20)23-5-3-6-24(19-23)26-8-4-9-28-27-7-1-2-10-29(27)32-30(26)28/h1-19,32H. The van der Waals surface area contributed by atoms with Gasteiger partial charge in [0.1, 0.15) is 0 Å². The van der Waals surface area contributed by atoms with E-state index in [2.05, 4.69) is 108 Å². The van der Waals surface area contributed by atoms with E-state index in [1.54, 1.807) is 0 Å². The Bertz CT molecular complexity index is 1560. The molecular formula is C30H20ClN. The van der Waals surface area contributed by atoms with Gasteiger partial charge in [-0.3, -0.25) is 0 Å². The highest BCUT2D eigenvalue weighted by atomic mass is 35.5. The first-order valence-electron chi connectivity index (χ1n) is 10.7. The summed E-state index contributed by atoms with van der Waals surface area (Å²) in [6.45, 7) is 0. The summed E-state index contributed by atoms with van der Waals surface area (Å²) in [5.41, 5.74) is 9.55. The first-order chi connectivity index (χ1) is 15.8. The van der Waals surface area contributed by atoms with Gasteiger partial charge in [-0.2, -0.15) is 0 Å². The molecule has 6 rings (SSSR count). The van der Waals surface area contributed by atoms with Gasteiger partial charge >= 0.3 is 0 Å². The average molecular weight is 430 g/mol. The van der Waals surface area contributed by atoms with Crippen molar-refractivity contribution in [3.63, 3.8) is 0 Å². The maximum Gasteiger partial charge on any atom is 0.0544 e. The molecule has 0 saturated carbocycles. The summed E-state index contributed by atoms with van der Waals surface area (Å²) in [7, 11) is 0. The summed E-state index contributed by atoms with van der Waals surface area (Å²) in [5.74, 6) is 0. The van der Waals surface area contributed by atoms with Crippen LogP contribution in [0, 0.1) is 0 Å². The zero-order valence-electron chi connectivity index (χ0n) is 17.3. The molecule has 0 aliphatic heterocycles. The lowest BCUT2D eigenvalue weighted by Gasteiger charge is -2.09. The van der Waals surface area contributed by atoms with Gasteiger partial charge in [0, 0.05) is 26.9 Å². The predicted molar refractivity (Wildman–Crippen MR) is 137 cm³/mol. The number of aromatic amines is 1. The van der Waals surface area contributed by atoms with E-state index in [1.807, 2.05) is 12.1 Å². The minimum Gasteiger partial charge on any atom is -0.354 e. The van der Waals surface area contributed by atoms with Crippen LogP contribution in [0.25, 0.3) is 55.2 Å². The van der Waals surface area contributed by atoms with Gasteiger partial charge in [0.2, 0.25) is 0 Å². The van der Waals surface area contributed by atoms with E-state index in [0.717, 1.165) is 5.02 Å². The molecule has 1 N–H and O–H groups in total. The molecule has 0 spiro atoms. The van der Waals surface area contributed by atoms with Crippen LogP contribution in [0.3, 0.4) is 0 Å². The van der Waals surface area contributed by atoms with Crippen molar-refractivity contribution in [3.8, 4) is 33.4 Å². The summed E-state index contributed by atoms with van der Waals surface area (Å²) in [6.07, 6.45) is 0. The Morgan fingerprint density at radius 2 is 1.06 bits per heavy atom.